The zero-order valence-electron chi connectivity index (χ0n) is 18.8. The van der Waals surface area contributed by atoms with Crippen molar-refractivity contribution in [3.8, 4) is 5.95 Å². The molecule has 0 spiro atoms. The minimum Gasteiger partial charge on any atom is -0.353 e. The van der Waals surface area contributed by atoms with Crippen molar-refractivity contribution in [1.29, 1.82) is 0 Å². The zero-order chi connectivity index (χ0) is 24.3. The summed E-state index contributed by atoms with van der Waals surface area (Å²) in [6.07, 6.45) is 2.14. The average Bonchev–Trinajstić information content (AvgIpc) is 3.43. The normalized spacial score (nSPS) is 18.6. The summed E-state index contributed by atoms with van der Waals surface area (Å²) in [6, 6.07) is 0.231. The van der Waals surface area contributed by atoms with E-state index in [1.165, 1.54) is 23.3 Å². The first-order valence-electron chi connectivity index (χ1n) is 11.3. The molecule has 1 atom stereocenters. The Morgan fingerprint density at radius 3 is 2.65 bits per heavy atom. The largest absolute Gasteiger partial charge is 0.433 e. The highest BCUT2D eigenvalue weighted by Crippen LogP contribution is 2.32. The van der Waals surface area contributed by atoms with Gasteiger partial charge < -0.3 is 20.4 Å². The number of carbonyl (C=O) groups excluding carboxylic acids is 2. The second-order valence-electron chi connectivity index (χ2n) is 8.45. The summed E-state index contributed by atoms with van der Waals surface area (Å²) in [5, 5.41) is 5.72. The molecule has 2 N–H and O–H groups in total. The van der Waals surface area contributed by atoms with Gasteiger partial charge in [-0.05, 0) is 19.3 Å². The molecule has 1 aliphatic carbocycles. The molecule has 0 aromatic carbocycles. The zero-order valence-corrected chi connectivity index (χ0v) is 18.8. The Bertz CT molecular complexity index is 1010. The van der Waals surface area contributed by atoms with Crippen LogP contribution in [0.5, 0.6) is 0 Å². The number of nitrogens with one attached hydrogen (secondary N) is 2. The first kappa shape index (κ1) is 23.8. The van der Waals surface area contributed by atoms with Crippen LogP contribution in [-0.4, -0.2) is 74.6 Å². The lowest BCUT2D eigenvalue weighted by Crippen LogP contribution is -2.58. The Hall–Kier alpha value is -3.38. The van der Waals surface area contributed by atoms with Crippen LogP contribution in [0.4, 0.5) is 23.8 Å². The molecule has 13 heteroatoms. The van der Waals surface area contributed by atoms with E-state index in [9.17, 15) is 22.8 Å². The van der Waals surface area contributed by atoms with Gasteiger partial charge in [-0.2, -0.15) is 18.2 Å². The van der Waals surface area contributed by atoms with Gasteiger partial charge in [0.1, 0.15) is 12.1 Å². The molecule has 1 saturated heterocycles. The first-order chi connectivity index (χ1) is 16.2. The van der Waals surface area contributed by atoms with Crippen molar-refractivity contribution < 1.29 is 22.8 Å². The SMILES string of the molecule is CCCNC(=O)N1CCN(c2cc(C(F)(F)F)nc(-n3ccnc3)n2)C(CC(=O)NC2CC2)C1. The number of imidazole rings is 1. The molecule has 10 nitrogen and oxygen atoms in total. The minimum atomic E-state index is -4.69. The summed E-state index contributed by atoms with van der Waals surface area (Å²) in [6.45, 7) is 3.13. The number of halogens is 3. The number of hydrogen-bond donors (Lipinski definition) is 2. The molecule has 2 aromatic rings. The third kappa shape index (κ3) is 5.75. The lowest BCUT2D eigenvalue weighted by molar-refractivity contribution is -0.141. The number of piperazine rings is 1. The maximum Gasteiger partial charge on any atom is 0.433 e. The van der Waals surface area contributed by atoms with E-state index in [2.05, 4.69) is 25.6 Å². The van der Waals surface area contributed by atoms with Crippen molar-refractivity contribution in [2.75, 3.05) is 31.1 Å². The van der Waals surface area contributed by atoms with Gasteiger partial charge in [0.2, 0.25) is 11.9 Å². The summed E-state index contributed by atoms with van der Waals surface area (Å²) >= 11 is 0. The van der Waals surface area contributed by atoms with Crippen LogP contribution < -0.4 is 15.5 Å². The van der Waals surface area contributed by atoms with E-state index < -0.39 is 17.9 Å². The number of nitrogens with zero attached hydrogens (tertiary/aromatic N) is 6. The Kier molecular flexibility index (Phi) is 6.89. The molecule has 1 saturated carbocycles. The maximum atomic E-state index is 13.6. The third-order valence-corrected chi connectivity index (χ3v) is 5.68. The number of hydrogen-bond acceptors (Lipinski definition) is 6. The van der Waals surface area contributed by atoms with E-state index >= 15 is 0 Å². The summed E-state index contributed by atoms with van der Waals surface area (Å²) in [4.78, 5) is 40.2. The fourth-order valence-corrected chi connectivity index (χ4v) is 3.80. The van der Waals surface area contributed by atoms with E-state index in [1.54, 1.807) is 9.80 Å². The lowest BCUT2D eigenvalue weighted by atomic mass is 10.1. The van der Waals surface area contributed by atoms with Crippen LogP contribution in [0, 0.1) is 0 Å². The van der Waals surface area contributed by atoms with E-state index in [0.717, 1.165) is 25.3 Å². The average molecular weight is 480 g/mol. The molecule has 3 amide bonds. The van der Waals surface area contributed by atoms with Gasteiger partial charge in [-0.15, -0.1) is 0 Å². The molecule has 4 rings (SSSR count). The molecule has 184 valence electrons. The quantitative estimate of drug-likeness (QED) is 0.627. The minimum absolute atomic E-state index is 0.0276. The molecule has 34 heavy (non-hydrogen) atoms. The number of rotatable bonds is 7. The highest BCUT2D eigenvalue weighted by Gasteiger charge is 2.37. The highest BCUT2D eigenvalue weighted by molar-refractivity contribution is 5.79. The second kappa shape index (κ2) is 9.85. The van der Waals surface area contributed by atoms with Gasteiger partial charge in [0.05, 0.1) is 6.04 Å². The molecule has 1 unspecified atom stereocenters. The fraction of sp³-hybridized carbons (Fsp3) is 0.571. The van der Waals surface area contributed by atoms with Gasteiger partial charge in [0.25, 0.3) is 0 Å². The Morgan fingerprint density at radius 2 is 2.00 bits per heavy atom. The first-order valence-corrected chi connectivity index (χ1v) is 11.3. The summed E-state index contributed by atoms with van der Waals surface area (Å²) in [5.41, 5.74) is -1.09. The Balaban J connectivity index is 1.63. The fourth-order valence-electron chi connectivity index (χ4n) is 3.80. The number of carbonyl (C=O) groups is 2. The monoisotopic (exact) mass is 480 g/mol. The van der Waals surface area contributed by atoms with E-state index in [-0.39, 0.29) is 55.8 Å². The Labute approximate surface area is 194 Å². The molecule has 3 heterocycles. The van der Waals surface area contributed by atoms with E-state index in [0.29, 0.717) is 6.54 Å². The van der Waals surface area contributed by atoms with Crippen molar-refractivity contribution in [3.63, 3.8) is 0 Å². The van der Waals surface area contributed by atoms with Crippen LogP contribution in [0.3, 0.4) is 0 Å². The topological polar surface area (TPSA) is 108 Å². The van der Waals surface area contributed by atoms with Gasteiger partial charge >= 0.3 is 12.2 Å². The predicted octanol–water partition coefficient (Wildman–Crippen LogP) is 1.96. The second-order valence-corrected chi connectivity index (χ2v) is 8.45. The van der Waals surface area contributed by atoms with Gasteiger partial charge in [-0.3, -0.25) is 9.36 Å². The summed E-state index contributed by atoms with van der Waals surface area (Å²) in [7, 11) is 0. The number of aromatic nitrogens is 4. The molecule has 0 radical (unpaired) electrons. The molecular weight excluding hydrogens is 453 g/mol. The van der Waals surface area contributed by atoms with E-state index in [4.69, 9.17) is 0 Å². The molecular formula is C21H27F3N8O2. The lowest BCUT2D eigenvalue weighted by Gasteiger charge is -2.42. The molecule has 2 aliphatic rings. The third-order valence-electron chi connectivity index (χ3n) is 5.68. The van der Waals surface area contributed by atoms with Crippen molar-refractivity contribution >= 4 is 17.8 Å². The number of alkyl halides is 3. The van der Waals surface area contributed by atoms with Crippen molar-refractivity contribution in [1.82, 2.24) is 35.1 Å². The summed E-state index contributed by atoms with van der Waals surface area (Å²) < 4.78 is 42.2. The van der Waals surface area contributed by atoms with Gasteiger partial charge in [-0.25, -0.2) is 14.8 Å². The van der Waals surface area contributed by atoms with Crippen molar-refractivity contribution in [2.45, 2.75) is 50.9 Å². The van der Waals surface area contributed by atoms with Gasteiger partial charge in [0.15, 0.2) is 5.69 Å². The number of amides is 3. The Morgan fingerprint density at radius 1 is 1.21 bits per heavy atom. The molecule has 0 bridgehead atoms. The van der Waals surface area contributed by atoms with Gasteiger partial charge in [-0.1, -0.05) is 6.92 Å². The van der Waals surface area contributed by atoms with Crippen LogP contribution in [0.15, 0.2) is 24.8 Å². The summed E-state index contributed by atoms with van der Waals surface area (Å²) in [5.74, 6) is -0.330. The highest BCUT2D eigenvalue weighted by atomic mass is 19.4. The molecule has 2 aromatic heterocycles. The smallest absolute Gasteiger partial charge is 0.353 e. The van der Waals surface area contributed by atoms with E-state index in [1.807, 2.05) is 6.92 Å². The molecule has 2 fully saturated rings. The van der Waals surface area contributed by atoms with Gasteiger partial charge in [0, 0.05) is 57.1 Å². The van der Waals surface area contributed by atoms with Crippen molar-refractivity contribution in [2.24, 2.45) is 0 Å². The standard InChI is InChI=1S/C21H27F3N8O2/c1-2-5-26-20(34)30-8-9-32(15(12-30)10-18(33)27-14-3-4-14)17-11-16(21(22,23)24)28-19(29-17)31-7-6-25-13-31/h6-7,11,13-15H,2-5,8-10,12H2,1H3,(H,26,34)(H,27,33). The van der Waals surface area contributed by atoms with Crippen LogP contribution in [-0.2, 0) is 11.0 Å². The maximum absolute atomic E-state index is 13.6. The molecule has 1 aliphatic heterocycles. The number of anilines is 1. The van der Waals surface area contributed by atoms with Crippen LogP contribution >= 0.6 is 0 Å². The van der Waals surface area contributed by atoms with Crippen LogP contribution in [0.2, 0.25) is 0 Å². The van der Waals surface area contributed by atoms with Crippen LogP contribution in [0.25, 0.3) is 5.95 Å². The predicted molar refractivity (Wildman–Crippen MR) is 116 cm³/mol. The van der Waals surface area contributed by atoms with Crippen molar-refractivity contribution in [3.05, 3.63) is 30.5 Å². The number of urea groups is 1. The van der Waals surface area contributed by atoms with Crippen LogP contribution in [0.1, 0.15) is 38.3 Å².